The van der Waals surface area contributed by atoms with E-state index in [1.54, 1.807) is 24.4 Å². The number of amidine groups is 1. The average Bonchev–Trinajstić information content (AvgIpc) is 3.27. The fourth-order valence-electron chi connectivity index (χ4n) is 3.85. The third-order valence-corrected chi connectivity index (χ3v) is 7.25. The fraction of sp³-hybridized carbons (Fsp3) is 0.222. The number of amides is 2. The molecular weight excluding hydrogens is 583 g/mol. The maximum Gasteiger partial charge on any atom is 0.490 e. The first kappa shape index (κ1) is 30.0. The normalized spacial score (nSPS) is 17.9. The molecule has 0 radical (unpaired) electrons. The van der Waals surface area contributed by atoms with Gasteiger partial charge in [0.05, 0.1) is 21.1 Å². The Kier molecular flexibility index (Phi) is 9.31. The van der Waals surface area contributed by atoms with Gasteiger partial charge in [-0.25, -0.2) is 9.79 Å². The van der Waals surface area contributed by atoms with E-state index >= 15 is 0 Å². The van der Waals surface area contributed by atoms with E-state index < -0.39 is 12.1 Å². The SMILES string of the molecule is CN1CCN(C(=O)c2ccc(Cl)c(N=C3NC(=O)C(=Cc4ccc5ncccc5c4)S3)c2)CC1.O=C(O)C(F)(F)F. The van der Waals surface area contributed by atoms with Crippen molar-refractivity contribution in [3.05, 3.63) is 75.8 Å². The monoisotopic (exact) mass is 605 g/mol. The Morgan fingerprint density at radius 1 is 1.12 bits per heavy atom. The summed E-state index contributed by atoms with van der Waals surface area (Å²) < 4.78 is 31.7. The Hall–Kier alpha value is -3.94. The number of nitrogens with one attached hydrogen (secondary N) is 1. The van der Waals surface area contributed by atoms with Crippen LogP contribution in [0.1, 0.15) is 15.9 Å². The highest BCUT2D eigenvalue weighted by Gasteiger charge is 2.38. The minimum absolute atomic E-state index is 0.0410. The molecule has 2 saturated heterocycles. The molecule has 2 aromatic carbocycles. The predicted molar refractivity (Wildman–Crippen MR) is 151 cm³/mol. The number of fused-ring (bicyclic) bond motifs is 1. The van der Waals surface area contributed by atoms with Crippen LogP contribution in [0, 0.1) is 0 Å². The van der Waals surface area contributed by atoms with Crippen molar-refractivity contribution in [2.75, 3.05) is 33.2 Å². The molecule has 2 aliphatic heterocycles. The number of carboxylic acid groups (broad SMARTS) is 1. The molecule has 0 unspecified atom stereocenters. The molecule has 9 nitrogen and oxygen atoms in total. The molecule has 2 N–H and O–H groups in total. The van der Waals surface area contributed by atoms with Gasteiger partial charge in [-0.1, -0.05) is 23.7 Å². The van der Waals surface area contributed by atoms with Crippen LogP contribution in [0.3, 0.4) is 0 Å². The van der Waals surface area contributed by atoms with E-state index in [2.05, 4.69) is 20.2 Å². The molecule has 3 heterocycles. The van der Waals surface area contributed by atoms with Crippen molar-refractivity contribution in [3.63, 3.8) is 0 Å². The number of aromatic nitrogens is 1. The van der Waals surface area contributed by atoms with Crippen LogP contribution in [0.2, 0.25) is 5.02 Å². The number of rotatable bonds is 3. The van der Waals surface area contributed by atoms with Crippen LogP contribution in [0.15, 0.2) is 64.6 Å². The quantitative estimate of drug-likeness (QED) is 0.412. The largest absolute Gasteiger partial charge is 0.490 e. The number of thioether (sulfide) groups is 1. The second-order valence-electron chi connectivity index (χ2n) is 9.00. The number of halogens is 4. The highest BCUT2D eigenvalue weighted by atomic mass is 35.5. The van der Waals surface area contributed by atoms with Crippen LogP contribution >= 0.6 is 23.4 Å². The zero-order chi connectivity index (χ0) is 29.7. The van der Waals surface area contributed by atoms with Gasteiger partial charge in [-0.2, -0.15) is 13.2 Å². The lowest BCUT2D eigenvalue weighted by molar-refractivity contribution is -0.192. The lowest BCUT2D eigenvalue weighted by Gasteiger charge is -2.32. The topological polar surface area (TPSA) is 115 Å². The Morgan fingerprint density at radius 2 is 1.83 bits per heavy atom. The minimum Gasteiger partial charge on any atom is -0.475 e. The van der Waals surface area contributed by atoms with E-state index in [1.165, 1.54) is 11.8 Å². The van der Waals surface area contributed by atoms with E-state index in [4.69, 9.17) is 21.5 Å². The highest BCUT2D eigenvalue weighted by Crippen LogP contribution is 2.32. The van der Waals surface area contributed by atoms with Gasteiger partial charge in [-0.3, -0.25) is 14.6 Å². The number of likely N-dealkylation sites (N-methyl/N-ethyl adjacent to an activating group) is 1. The van der Waals surface area contributed by atoms with Crippen LogP contribution in [-0.2, 0) is 9.59 Å². The first-order chi connectivity index (χ1) is 19.4. The minimum atomic E-state index is -5.08. The number of hydrogen-bond donors (Lipinski definition) is 2. The zero-order valence-corrected chi connectivity index (χ0v) is 23.1. The average molecular weight is 606 g/mol. The number of nitrogens with zero attached hydrogens (tertiary/aromatic N) is 4. The summed E-state index contributed by atoms with van der Waals surface area (Å²) >= 11 is 7.60. The van der Waals surface area contributed by atoms with Crippen molar-refractivity contribution in [3.8, 4) is 0 Å². The van der Waals surface area contributed by atoms with Crippen molar-refractivity contribution < 1.29 is 32.7 Å². The number of aliphatic carboxylic acids is 1. The summed E-state index contributed by atoms with van der Waals surface area (Å²) in [4.78, 5) is 47.8. The molecular formula is C27H23ClF3N5O4S. The summed E-state index contributed by atoms with van der Waals surface area (Å²) in [6, 6.07) is 14.8. The molecule has 0 aliphatic carbocycles. The number of carbonyl (C=O) groups excluding carboxylic acids is 2. The molecule has 5 rings (SSSR count). The zero-order valence-electron chi connectivity index (χ0n) is 21.5. The van der Waals surface area contributed by atoms with Crippen LogP contribution in [0.5, 0.6) is 0 Å². The van der Waals surface area contributed by atoms with E-state index in [1.807, 2.05) is 48.4 Å². The van der Waals surface area contributed by atoms with Gasteiger partial charge in [-0.05, 0) is 66.8 Å². The number of carbonyl (C=O) groups is 3. The number of pyridine rings is 1. The molecule has 2 aliphatic rings. The Balaban J connectivity index is 0.000000493. The highest BCUT2D eigenvalue weighted by molar-refractivity contribution is 8.18. The van der Waals surface area contributed by atoms with E-state index in [0.717, 1.165) is 29.6 Å². The molecule has 214 valence electrons. The molecule has 1 aromatic heterocycles. The summed E-state index contributed by atoms with van der Waals surface area (Å²) in [6.07, 6.45) is -1.51. The molecule has 14 heteroatoms. The number of alkyl halides is 3. The van der Waals surface area contributed by atoms with E-state index in [0.29, 0.717) is 39.4 Å². The first-order valence-electron chi connectivity index (χ1n) is 12.1. The van der Waals surface area contributed by atoms with Gasteiger partial charge in [0.1, 0.15) is 0 Å². The van der Waals surface area contributed by atoms with Gasteiger partial charge >= 0.3 is 12.1 Å². The molecule has 0 atom stereocenters. The standard InChI is InChI=1S/C25H22ClN5O2S.C2HF3O2/c1-30-9-11-31(12-10-30)24(33)18-5-6-19(26)21(15-18)28-25-29-23(32)22(34-25)14-16-4-7-20-17(13-16)3-2-8-27-20;3-2(4,5)1(6)7/h2-8,13-15H,9-12H2,1H3,(H,28,29,32);(H,6,7). The van der Waals surface area contributed by atoms with Gasteiger partial charge in [-0.15, -0.1) is 0 Å². The molecule has 2 amide bonds. The molecule has 0 bridgehead atoms. The second kappa shape index (κ2) is 12.7. The summed E-state index contributed by atoms with van der Waals surface area (Å²) in [5.41, 5.74) is 2.78. The predicted octanol–water partition coefficient (Wildman–Crippen LogP) is 4.80. The molecule has 0 saturated carbocycles. The van der Waals surface area contributed by atoms with Gasteiger partial charge in [0, 0.05) is 43.3 Å². The van der Waals surface area contributed by atoms with Crippen molar-refractivity contribution in [1.29, 1.82) is 0 Å². The number of benzene rings is 2. The maximum absolute atomic E-state index is 12.9. The maximum atomic E-state index is 12.9. The number of carboxylic acids is 1. The smallest absolute Gasteiger partial charge is 0.475 e. The first-order valence-corrected chi connectivity index (χ1v) is 13.3. The summed E-state index contributed by atoms with van der Waals surface area (Å²) in [6.45, 7) is 3.07. The fourth-order valence-corrected chi connectivity index (χ4v) is 4.84. The molecule has 0 spiro atoms. The summed E-state index contributed by atoms with van der Waals surface area (Å²) in [5.74, 6) is -3.02. The Labute approximate surface area is 241 Å². The lowest BCUT2D eigenvalue weighted by atomic mass is 10.1. The van der Waals surface area contributed by atoms with Gasteiger partial charge in [0.2, 0.25) is 0 Å². The summed E-state index contributed by atoms with van der Waals surface area (Å²) in [5, 5.41) is 11.8. The van der Waals surface area contributed by atoms with Crippen molar-refractivity contribution in [2.24, 2.45) is 4.99 Å². The van der Waals surface area contributed by atoms with Gasteiger partial charge < -0.3 is 20.2 Å². The second-order valence-corrected chi connectivity index (χ2v) is 10.4. The lowest BCUT2D eigenvalue weighted by Crippen LogP contribution is -2.47. The van der Waals surface area contributed by atoms with Crippen LogP contribution in [0.4, 0.5) is 18.9 Å². The third-order valence-electron chi connectivity index (χ3n) is 6.02. The summed E-state index contributed by atoms with van der Waals surface area (Å²) in [7, 11) is 2.05. The van der Waals surface area contributed by atoms with Crippen LogP contribution in [0.25, 0.3) is 17.0 Å². The third kappa shape index (κ3) is 7.84. The van der Waals surface area contributed by atoms with E-state index in [9.17, 15) is 22.8 Å². The van der Waals surface area contributed by atoms with E-state index in [-0.39, 0.29) is 11.8 Å². The van der Waals surface area contributed by atoms with Crippen molar-refractivity contribution >= 4 is 69.0 Å². The Bertz CT molecular complexity index is 1560. The van der Waals surface area contributed by atoms with Crippen LogP contribution in [-0.4, -0.2) is 82.2 Å². The van der Waals surface area contributed by atoms with Crippen molar-refractivity contribution in [2.45, 2.75) is 6.18 Å². The van der Waals surface area contributed by atoms with Crippen LogP contribution < -0.4 is 5.32 Å². The molecule has 3 aromatic rings. The molecule has 2 fully saturated rings. The van der Waals surface area contributed by atoms with Gasteiger partial charge in [0.15, 0.2) is 5.17 Å². The van der Waals surface area contributed by atoms with Gasteiger partial charge in [0.25, 0.3) is 11.8 Å². The number of hydrogen-bond acceptors (Lipinski definition) is 7. The van der Waals surface area contributed by atoms with Crippen molar-refractivity contribution in [1.82, 2.24) is 20.1 Å². The molecule has 41 heavy (non-hydrogen) atoms. The number of piperazine rings is 1. The number of aliphatic imine (C=N–C) groups is 1. The Morgan fingerprint density at radius 3 is 2.51 bits per heavy atom.